The molecule has 0 saturated heterocycles. The van der Waals surface area contributed by atoms with Crippen molar-refractivity contribution in [2.75, 3.05) is 12.9 Å². The predicted octanol–water partition coefficient (Wildman–Crippen LogP) is 1.55. The van der Waals surface area contributed by atoms with Gasteiger partial charge in [-0.25, -0.2) is 4.79 Å². The average molecular weight is 310 g/mol. The van der Waals surface area contributed by atoms with E-state index in [1.54, 1.807) is 30.3 Å². The van der Waals surface area contributed by atoms with Gasteiger partial charge < -0.3 is 14.9 Å². The van der Waals surface area contributed by atoms with E-state index in [9.17, 15) is 19.8 Å². The van der Waals surface area contributed by atoms with Gasteiger partial charge in [-0.3, -0.25) is 4.79 Å². The van der Waals surface area contributed by atoms with E-state index in [1.807, 2.05) is 0 Å². The first-order chi connectivity index (χ1) is 9.93. The van der Waals surface area contributed by atoms with Crippen molar-refractivity contribution < 1.29 is 24.5 Å². The molecule has 0 saturated carbocycles. The van der Waals surface area contributed by atoms with Crippen LogP contribution in [0.4, 0.5) is 0 Å². The Balaban J connectivity index is 2.66. The lowest BCUT2D eigenvalue weighted by Crippen LogP contribution is -2.21. The molecule has 5 nitrogen and oxygen atoms in total. The molecule has 2 unspecified atom stereocenters. The van der Waals surface area contributed by atoms with Gasteiger partial charge in [-0.1, -0.05) is 36.0 Å². The summed E-state index contributed by atoms with van der Waals surface area (Å²) in [6, 6.07) is 6.73. The van der Waals surface area contributed by atoms with Crippen LogP contribution in [0.1, 0.15) is 24.2 Å². The summed E-state index contributed by atoms with van der Waals surface area (Å²) in [4.78, 5) is 21.8. The summed E-state index contributed by atoms with van der Waals surface area (Å²) in [5, 5.41) is 19.7. The molecule has 1 aromatic rings. The Morgan fingerprint density at radius 3 is 2.43 bits per heavy atom. The monoisotopic (exact) mass is 310 g/mol. The maximum atomic E-state index is 11.0. The predicted molar refractivity (Wildman–Crippen MR) is 81.6 cm³/mol. The fraction of sp³-hybridized carbons (Fsp3) is 0.333. The molecule has 2 N–H and O–H groups in total. The van der Waals surface area contributed by atoms with Crippen molar-refractivity contribution in [2.24, 2.45) is 0 Å². The smallest absolute Gasteiger partial charge is 0.330 e. The summed E-state index contributed by atoms with van der Waals surface area (Å²) < 4.78 is 4.48. The number of thioether (sulfide) groups is 1. The van der Waals surface area contributed by atoms with E-state index in [0.29, 0.717) is 5.56 Å². The van der Waals surface area contributed by atoms with Crippen LogP contribution in [0.25, 0.3) is 6.08 Å². The standard InChI is InChI=1S/C15H18O5S/c1-10(16)21-9-13(17)15(19)12-6-3-11(4-7-12)5-8-14(18)20-2/h3-8,13,15,17,19H,9H2,1-2H3/b8-5+. The zero-order valence-corrected chi connectivity index (χ0v) is 12.7. The fourth-order valence-corrected chi connectivity index (χ4v) is 2.14. The largest absolute Gasteiger partial charge is 0.466 e. The van der Waals surface area contributed by atoms with Crippen molar-refractivity contribution in [2.45, 2.75) is 19.1 Å². The second kappa shape index (κ2) is 8.61. The third kappa shape index (κ3) is 6.12. The summed E-state index contributed by atoms with van der Waals surface area (Å²) >= 11 is 0.968. The summed E-state index contributed by atoms with van der Waals surface area (Å²) in [5.41, 5.74) is 1.31. The second-order valence-electron chi connectivity index (χ2n) is 4.34. The Morgan fingerprint density at radius 1 is 1.29 bits per heavy atom. The second-order valence-corrected chi connectivity index (χ2v) is 5.53. The number of methoxy groups -OCH3 is 1. The molecule has 1 rings (SSSR count). The Bertz CT molecular complexity index is 509. The van der Waals surface area contributed by atoms with Crippen LogP contribution in [-0.4, -0.2) is 40.3 Å². The minimum Gasteiger partial charge on any atom is -0.466 e. The molecule has 0 fully saturated rings. The van der Waals surface area contributed by atoms with Crippen molar-refractivity contribution in [1.29, 1.82) is 0 Å². The van der Waals surface area contributed by atoms with Gasteiger partial charge in [0.25, 0.3) is 0 Å². The number of ether oxygens (including phenoxy) is 1. The molecule has 2 atom stereocenters. The molecule has 0 amide bonds. The molecule has 0 bridgehead atoms. The lowest BCUT2D eigenvalue weighted by atomic mass is 10.0. The molecule has 0 aromatic heterocycles. The van der Waals surface area contributed by atoms with E-state index >= 15 is 0 Å². The van der Waals surface area contributed by atoms with Crippen LogP contribution in [0.3, 0.4) is 0 Å². The lowest BCUT2D eigenvalue weighted by molar-refractivity contribution is -0.134. The number of aliphatic hydroxyl groups excluding tert-OH is 2. The van der Waals surface area contributed by atoms with Gasteiger partial charge in [-0.15, -0.1) is 0 Å². The van der Waals surface area contributed by atoms with Crippen molar-refractivity contribution in [3.05, 3.63) is 41.5 Å². The number of hydrogen-bond acceptors (Lipinski definition) is 6. The maximum absolute atomic E-state index is 11.0. The first-order valence-corrected chi connectivity index (χ1v) is 7.28. The number of hydrogen-bond donors (Lipinski definition) is 2. The van der Waals surface area contributed by atoms with E-state index in [4.69, 9.17) is 0 Å². The van der Waals surface area contributed by atoms with Crippen LogP contribution in [0.15, 0.2) is 30.3 Å². The van der Waals surface area contributed by atoms with Gasteiger partial charge >= 0.3 is 5.97 Å². The van der Waals surface area contributed by atoms with Crippen molar-refractivity contribution in [3.63, 3.8) is 0 Å². The van der Waals surface area contributed by atoms with Gasteiger partial charge in [0.2, 0.25) is 0 Å². The third-order valence-electron chi connectivity index (χ3n) is 2.71. The maximum Gasteiger partial charge on any atom is 0.330 e. The van der Waals surface area contributed by atoms with Crippen molar-refractivity contribution in [1.82, 2.24) is 0 Å². The fourth-order valence-electron chi connectivity index (χ4n) is 1.55. The normalized spacial score (nSPS) is 13.9. The summed E-state index contributed by atoms with van der Waals surface area (Å²) in [6.45, 7) is 1.41. The molecule has 0 heterocycles. The molecule has 0 radical (unpaired) electrons. The van der Waals surface area contributed by atoms with Crippen LogP contribution in [0.2, 0.25) is 0 Å². The summed E-state index contributed by atoms with van der Waals surface area (Å²) in [7, 11) is 1.30. The molecule has 1 aromatic carbocycles. The summed E-state index contributed by atoms with van der Waals surface area (Å²) in [6.07, 6.45) is 0.805. The zero-order chi connectivity index (χ0) is 15.8. The Morgan fingerprint density at radius 2 is 1.90 bits per heavy atom. The lowest BCUT2D eigenvalue weighted by Gasteiger charge is -2.17. The highest BCUT2D eigenvalue weighted by molar-refractivity contribution is 8.13. The first kappa shape index (κ1) is 17.4. The molecule has 0 aliphatic heterocycles. The first-order valence-electron chi connectivity index (χ1n) is 6.29. The van der Waals surface area contributed by atoms with Crippen LogP contribution < -0.4 is 0 Å². The topological polar surface area (TPSA) is 83.8 Å². The highest BCUT2D eigenvalue weighted by Gasteiger charge is 2.18. The number of carbonyl (C=O) groups is 2. The average Bonchev–Trinajstić information content (AvgIpc) is 2.49. The zero-order valence-electron chi connectivity index (χ0n) is 11.9. The van der Waals surface area contributed by atoms with Gasteiger partial charge in [0.05, 0.1) is 13.2 Å². The highest BCUT2D eigenvalue weighted by atomic mass is 32.2. The van der Waals surface area contributed by atoms with E-state index in [1.165, 1.54) is 20.1 Å². The SMILES string of the molecule is COC(=O)/C=C/c1ccc(C(O)C(O)CSC(C)=O)cc1. The Kier molecular flexibility index (Phi) is 7.14. The van der Waals surface area contributed by atoms with Crippen molar-refractivity contribution in [3.8, 4) is 0 Å². The molecule has 0 spiro atoms. The van der Waals surface area contributed by atoms with E-state index in [2.05, 4.69) is 4.74 Å². The van der Waals surface area contributed by atoms with E-state index in [0.717, 1.165) is 17.3 Å². The Hall–Kier alpha value is -1.63. The van der Waals surface area contributed by atoms with Gasteiger partial charge in [-0.2, -0.15) is 0 Å². The molecule has 21 heavy (non-hydrogen) atoms. The van der Waals surface area contributed by atoms with Crippen LogP contribution in [-0.2, 0) is 14.3 Å². The molecule has 0 aliphatic rings. The van der Waals surface area contributed by atoms with Gasteiger partial charge in [-0.05, 0) is 17.2 Å². The van der Waals surface area contributed by atoms with E-state index < -0.39 is 18.2 Å². The molecule has 6 heteroatoms. The van der Waals surface area contributed by atoms with Crippen LogP contribution >= 0.6 is 11.8 Å². The highest BCUT2D eigenvalue weighted by Crippen LogP contribution is 2.21. The number of esters is 1. The molecule has 0 aliphatic carbocycles. The third-order valence-corrected chi connectivity index (χ3v) is 3.63. The summed E-state index contributed by atoms with van der Waals surface area (Å²) in [5.74, 6) is -0.309. The number of rotatable bonds is 6. The minimum absolute atomic E-state index is 0.107. The number of benzene rings is 1. The quantitative estimate of drug-likeness (QED) is 0.612. The minimum atomic E-state index is -1.06. The van der Waals surface area contributed by atoms with Crippen LogP contribution in [0.5, 0.6) is 0 Å². The van der Waals surface area contributed by atoms with E-state index in [-0.39, 0.29) is 10.9 Å². The van der Waals surface area contributed by atoms with Crippen LogP contribution in [0, 0.1) is 0 Å². The molecule has 114 valence electrons. The van der Waals surface area contributed by atoms with Crippen molar-refractivity contribution >= 4 is 28.9 Å². The van der Waals surface area contributed by atoms with Gasteiger partial charge in [0, 0.05) is 18.8 Å². The van der Waals surface area contributed by atoms with Gasteiger partial charge in [0.15, 0.2) is 5.12 Å². The van der Waals surface area contributed by atoms with Gasteiger partial charge in [0.1, 0.15) is 6.10 Å². The number of carbonyl (C=O) groups excluding carboxylic acids is 2. The molecular weight excluding hydrogens is 292 g/mol. The molecular formula is C15H18O5S. The number of aliphatic hydroxyl groups is 2. The Labute approximate surface area is 127 Å².